The number of aromatic hydroxyl groups is 1. The number of nitro groups is 2. The van der Waals surface area contributed by atoms with Crippen LogP contribution in [0, 0.1) is 20.2 Å². The van der Waals surface area contributed by atoms with Crippen molar-refractivity contribution in [3.63, 3.8) is 0 Å². The van der Waals surface area contributed by atoms with Gasteiger partial charge in [0, 0.05) is 6.42 Å². The van der Waals surface area contributed by atoms with Gasteiger partial charge in [0.15, 0.2) is 0 Å². The molecule has 1 aromatic carbocycles. The van der Waals surface area contributed by atoms with Crippen LogP contribution in [0.25, 0.3) is 0 Å². The molecular formula is C14H11N3O8. The average molecular weight is 349 g/mol. The van der Waals surface area contributed by atoms with Crippen molar-refractivity contribution in [2.45, 2.75) is 12.5 Å². The molecule has 2 rings (SSSR count). The summed E-state index contributed by atoms with van der Waals surface area (Å²) in [4.78, 5) is 42.9. The number of phenols is 1. The molecule has 1 atom stereocenters. The van der Waals surface area contributed by atoms with Crippen molar-refractivity contribution >= 4 is 17.3 Å². The van der Waals surface area contributed by atoms with Crippen LogP contribution in [0.5, 0.6) is 5.75 Å². The SMILES string of the molecule is O=C(O)[C@H](Cc1ccc(O)cc1)n1cc([N+](=O)[O-])c(=O)c([N+](=O)[O-])c1. The smallest absolute Gasteiger partial charge is 0.339 e. The number of benzene rings is 1. The van der Waals surface area contributed by atoms with Crippen molar-refractivity contribution in [1.82, 2.24) is 4.57 Å². The topological polar surface area (TPSA) is 166 Å². The van der Waals surface area contributed by atoms with Crippen molar-refractivity contribution in [1.29, 1.82) is 0 Å². The van der Waals surface area contributed by atoms with Crippen LogP contribution in [0.4, 0.5) is 11.4 Å². The lowest BCUT2D eigenvalue weighted by Gasteiger charge is -2.16. The number of hydrogen-bond donors (Lipinski definition) is 2. The van der Waals surface area contributed by atoms with Gasteiger partial charge < -0.3 is 14.8 Å². The highest BCUT2D eigenvalue weighted by atomic mass is 16.6. The van der Waals surface area contributed by atoms with Crippen LogP contribution in [-0.2, 0) is 11.2 Å². The zero-order chi connectivity index (χ0) is 18.7. The standard InChI is InChI=1S/C14H11N3O8/c18-9-3-1-8(2-4-9)5-10(14(20)21)15-6-11(16(22)23)13(19)12(7-15)17(24)25/h1-4,6-7,10,18H,5H2,(H,20,21)/t10-/m0/s1. The van der Waals surface area contributed by atoms with E-state index < -0.39 is 38.7 Å². The van der Waals surface area contributed by atoms with E-state index in [2.05, 4.69) is 0 Å². The largest absolute Gasteiger partial charge is 0.508 e. The highest BCUT2D eigenvalue weighted by molar-refractivity contribution is 5.72. The average Bonchev–Trinajstić information content (AvgIpc) is 2.54. The molecule has 0 aliphatic heterocycles. The molecule has 11 nitrogen and oxygen atoms in total. The second kappa shape index (κ2) is 6.78. The normalized spacial score (nSPS) is 11.7. The molecule has 25 heavy (non-hydrogen) atoms. The fourth-order valence-corrected chi connectivity index (χ4v) is 2.18. The predicted octanol–water partition coefficient (Wildman–Crippen LogP) is 1.24. The van der Waals surface area contributed by atoms with Gasteiger partial charge in [-0.25, -0.2) is 4.79 Å². The first kappa shape index (κ1) is 17.6. The number of aliphatic carboxylic acids is 1. The van der Waals surface area contributed by atoms with Crippen LogP contribution in [0.1, 0.15) is 11.6 Å². The van der Waals surface area contributed by atoms with E-state index in [-0.39, 0.29) is 12.2 Å². The number of carbonyl (C=O) groups is 1. The van der Waals surface area contributed by atoms with Crippen molar-refractivity contribution in [3.8, 4) is 5.75 Å². The van der Waals surface area contributed by atoms with Gasteiger partial charge in [0.2, 0.25) is 0 Å². The van der Waals surface area contributed by atoms with Gasteiger partial charge in [-0.3, -0.25) is 25.0 Å². The molecule has 0 fully saturated rings. The first-order chi connectivity index (χ1) is 11.7. The molecule has 0 spiro atoms. The number of pyridine rings is 1. The molecule has 1 heterocycles. The molecule has 130 valence electrons. The summed E-state index contributed by atoms with van der Waals surface area (Å²) in [5.41, 5.74) is -3.12. The number of rotatable bonds is 6. The van der Waals surface area contributed by atoms with Crippen LogP contribution in [0.15, 0.2) is 41.5 Å². The maximum Gasteiger partial charge on any atom is 0.339 e. The summed E-state index contributed by atoms with van der Waals surface area (Å²) in [6, 6.07) is 4.10. The van der Waals surface area contributed by atoms with E-state index in [9.17, 15) is 40.0 Å². The molecule has 1 aromatic heterocycles. The van der Waals surface area contributed by atoms with Gasteiger partial charge in [0.05, 0.1) is 22.2 Å². The van der Waals surface area contributed by atoms with E-state index in [1.54, 1.807) is 0 Å². The third kappa shape index (κ3) is 3.77. The fourth-order valence-electron chi connectivity index (χ4n) is 2.18. The number of phenolic OH excluding ortho intramolecular Hbond substituents is 1. The Balaban J connectivity index is 2.56. The van der Waals surface area contributed by atoms with E-state index in [0.29, 0.717) is 18.0 Å². The highest BCUT2D eigenvalue weighted by Gasteiger charge is 2.29. The summed E-state index contributed by atoms with van der Waals surface area (Å²) >= 11 is 0. The van der Waals surface area contributed by atoms with Gasteiger partial charge in [0.1, 0.15) is 11.8 Å². The Labute approximate surface area is 138 Å². The Morgan fingerprint density at radius 1 is 1.08 bits per heavy atom. The minimum absolute atomic E-state index is 0.0368. The third-order valence-corrected chi connectivity index (χ3v) is 3.41. The number of nitrogens with zero attached hydrogens (tertiary/aromatic N) is 3. The summed E-state index contributed by atoms with van der Waals surface area (Å²) in [6.45, 7) is 0. The van der Waals surface area contributed by atoms with E-state index in [1.165, 1.54) is 24.3 Å². The summed E-state index contributed by atoms with van der Waals surface area (Å²) in [5.74, 6) is -1.44. The second-order valence-electron chi connectivity index (χ2n) is 5.04. The fraction of sp³-hybridized carbons (Fsp3) is 0.143. The van der Waals surface area contributed by atoms with Crippen molar-refractivity contribution in [3.05, 3.63) is 72.7 Å². The molecule has 0 saturated heterocycles. The number of carboxylic acid groups (broad SMARTS) is 1. The molecule has 0 aliphatic carbocycles. The molecule has 0 radical (unpaired) electrons. The summed E-state index contributed by atoms with van der Waals surface area (Å²) in [7, 11) is 0. The lowest BCUT2D eigenvalue weighted by Crippen LogP contribution is -2.24. The van der Waals surface area contributed by atoms with Crippen molar-refractivity contribution in [2.75, 3.05) is 0 Å². The maximum atomic E-state index is 11.7. The zero-order valence-electron chi connectivity index (χ0n) is 12.4. The summed E-state index contributed by atoms with van der Waals surface area (Å²) in [5, 5.41) is 40.5. The Bertz CT molecular complexity index is 865. The lowest BCUT2D eigenvalue weighted by molar-refractivity contribution is -0.397. The van der Waals surface area contributed by atoms with Crippen LogP contribution >= 0.6 is 0 Å². The minimum atomic E-state index is -1.43. The van der Waals surface area contributed by atoms with Gasteiger partial charge >= 0.3 is 22.8 Å². The molecule has 0 bridgehead atoms. The zero-order valence-corrected chi connectivity index (χ0v) is 12.4. The molecule has 0 aliphatic rings. The monoisotopic (exact) mass is 349 g/mol. The van der Waals surface area contributed by atoms with E-state index in [0.717, 1.165) is 4.57 Å². The number of carboxylic acids is 1. The maximum absolute atomic E-state index is 11.7. The Kier molecular flexibility index (Phi) is 4.77. The molecule has 2 N–H and O–H groups in total. The van der Waals surface area contributed by atoms with Crippen molar-refractivity contribution in [2.24, 2.45) is 0 Å². The predicted molar refractivity (Wildman–Crippen MR) is 82.5 cm³/mol. The van der Waals surface area contributed by atoms with Crippen LogP contribution in [0.3, 0.4) is 0 Å². The Morgan fingerprint density at radius 2 is 1.56 bits per heavy atom. The molecule has 0 amide bonds. The van der Waals surface area contributed by atoms with Gasteiger partial charge in [-0.05, 0) is 17.7 Å². The highest BCUT2D eigenvalue weighted by Crippen LogP contribution is 2.21. The van der Waals surface area contributed by atoms with Crippen LogP contribution in [0.2, 0.25) is 0 Å². The summed E-state index contributed by atoms with van der Waals surface area (Å²) < 4.78 is 0.757. The van der Waals surface area contributed by atoms with Gasteiger partial charge in [-0.1, -0.05) is 12.1 Å². The second-order valence-corrected chi connectivity index (χ2v) is 5.04. The van der Waals surface area contributed by atoms with Crippen LogP contribution < -0.4 is 5.43 Å². The van der Waals surface area contributed by atoms with E-state index in [1.807, 2.05) is 0 Å². The van der Waals surface area contributed by atoms with Crippen molar-refractivity contribution < 1.29 is 24.9 Å². The van der Waals surface area contributed by atoms with Gasteiger partial charge in [-0.15, -0.1) is 0 Å². The molecular weight excluding hydrogens is 338 g/mol. The van der Waals surface area contributed by atoms with E-state index in [4.69, 9.17) is 0 Å². The number of hydrogen-bond acceptors (Lipinski definition) is 7. The van der Waals surface area contributed by atoms with E-state index >= 15 is 0 Å². The lowest BCUT2D eigenvalue weighted by atomic mass is 10.1. The molecule has 0 saturated carbocycles. The molecule has 11 heteroatoms. The summed E-state index contributed by atoms with van der Waals surface area (Å²) in [6.07, 6.45) is 1.15. The van der Waals surface area contributed by atoms with Gasteiger partial charge in [0.25, 0.3) is 0 Å². The molecule has 0 unspecified atom stereocenters. The third-order valence-electron chi connectivity index (χ3n) is 3.41. The van der Waals surface area contributed by atoms with Crippen LogP contribution in [-0.4, -0.2) is 30.6 Å². The number of aromatic nitrogens is 1. The Morgan fingerprint density at radius 3 is 1.96 bits per heavy atom. The molecule has 2 aromatic rings. The minimum Gasteiger partial charge on any atom is -0.508 e. The first-order valence-corrected chi connectivity index (χ1v) is 6.76. The van der Waals surface area contributed by atoms with Gasteiger partial charge in [-0.2, -0.15) is 0 Å². The quantitative estimate of drug-likeness (QED) is 0.580. The Hall–Kier alpha value is -3.76. The first-order valence-electron chi connectivity index (χ1n) is 6.76.